The number of rotatable bonds is 1. The molecule has 0 saturated heterocycles. The molecule has 3 N–H and O–H groups in total. The molecule has 0 bridgehead atoms. The van der Waals surface area contributed by atoms with Crippen LogP contribution in [0, 0.1) is 0 Å². The lowest BCUT2D eigenvalue weighted by Gasteiger charge is -2.28. The van der Waals surface area contributed by atoms with Gasteiger partial charge in [-0.1, -0.05) is 18.2 Å². The fraction of sp³-hybridized carbons (Fsp3) is 0.333. The number of hydrogen-bond donors (Lipinski definition) is 2. The molecule has 0 aliphatic heterocycles. The molecular weight excluding hydrogens is 195 g/mol. The number of alkyl halides is 3. The van der Waals surface area contributed by atoms with E-state index in [1.165, 1.54) is 18.2 Å². The third-order valence-corrected chi connectivity index (χ3v) is 2.05. The van der Waals surface area contributed by atoms with Gasteiger partial charge in [0.25, 0.3) is 0 Å². The summed E-state index contributed by atoms with van der Waals surface area (Å²) in [6.45, 7) is 0.821. The van der Waals surface area contributed by atoms with Gasteiger partial charge in [-0.3, -0.25) is 0 Å². The van der Waals surface area contributed by atoms with Crippen LogP contribution in [0.15, 0.2) is 24.3 Å². The molecule has 1 rings (SSSR count). The van der Waals surface area contributed by atoms with Gasteiger partial charge in [0, 0.05) is 5.56 Å². The maximum absolute atomic E-state index is 12.5. The van der Waals surface area contributed by atoms with Gasteiger partial charge in [0.1, 0.15) is 11.3 Å². The topological polar surface area (TPSA) is 46.2 Å². The van der Waals surface area contributed by atoms with Crippen molar-refractivity contribution in [2.24, 2.45) is 5.73 Å². The zero-order valence-corrected chi connectivity index (χ0v) is 7.47. The van der Waals surface area contributed by atoms with Crippen molar-refractivity contribution < 1.29 is 18.3 Å². The smallest absolute Gasteiger partial charge is 0.410 e. The molecule has 0 aromatic heterocycles. The predicted molar refractivity (Wildman–Crippen MR) is 45.7 cm³/mol. The van der Waals surface area contributed by atoms with Crippen molar-refractivity contribution in [2.75, 3.05) is 0 Å². The molecule has 5 heteroatoms. The number of halogens is 3. The maximum Gasteiger partial charge on any atom is 0.410 e. The van der Waals surface area contributed by atoms with Crippen LogP contribution in [0.25, 0.3) is 0 Å². The molecule has 1 aromatic carbocycles. The van der Waals surface area contributed by atoms with Crippen molar-refractivity contribution in [3.05, 3.63) is 29.8 Å². The first kappa shape index (κ1) is 10.8. The highest BCUT2D eigenvalue weighted by molar-refractivity contribution is 5.38. The van der Waals surface area contributed by atoms with Gasteiger partial charge >= 0.3 is 6.18 Å². The van der Waals surface area contributed by atoms with Crippen molar-refractivity contribution in [2.45, 2.75) is 18.6 Å². The molecule has 14 heavy (non-hydrogen) atoms. The molecule has 0 radical (unpaired) electrons. The number of nitrogens with two attached hydrogens (primary N) is 1. The standard InChI is InChI=1S/C9H10F3NO/c1-8(13,9(10,11)12)6-4-2-3-5-7(6)14/h2-5,14H,13H2,1H3/t8-/m1/s1. The van der Waals surface area contributed by atoms with Gasteiger partial charge in [0.2, 0.25) is 0 Å². The molecular formula is C9H10F3NO. The van der Waals surface area contributed by atoms with Crippen LogP contribution < -0.4 is 5.73 Å². The number of hydrogen-bond acceptors (Lipinski definition) is 2. The second-order valence-electron chi connectivity index (χ2n) is 3.22. The van der Waals surface area contributed by atoms with E-state index in [0.29, 0.717) is 0 Å². The van der Waals surface area contributed by atoms with Gasteiger partial charge in [-0.2, -0.15) is 13.2 Å². The van der Waals surface area contributed by atoms with E-state index in [9.17, 15) is 18.3 Å². The number of phenols is 1. The first-order valence-electron chi connectivity index (χ1n) is 3.91. The fourth-order valence-electron chi connectivity index (χ4n) is 1.07. The first-order chi connectivity index (χ1) is 6.27. The fourth-order valence-corrected chi connectivity index (χ4v) is 1.07. The number of para-hydroxylation sites is 1. The number of phenolic OH excluding ortho intramolecular Hbond substituents is 1. The zero-order chi connectivity index (χ0) is 11.0. The van der Waals surface area contributed by atoms with Crippen LogP contribution in [0.1, 0.15) is 12.5 Å². The maximum atomic E-state index is 12.5. The highest BCUT2D eigenvalue weighted by Crippen LogP contribution is 2.39. The highest BCUT2D eigenvalue weighted by atomic mass is 19.4. The Labute approximate surface area is 79.2 Å². The molecule has 0 fully saturated rings. The first-order valence-corrected chi connectivity index (χ1v) is 3.91. The van der Waals surface area contributed by atoms with E-state index in [1.807, 2.05) is 0 Å². The van der Waals surface area contributed by atoms with Crippen LogP contribution in [-0.4, -0.2) is 11.3 Å². The van der Waals surface area contributed by atoms with E-state index >= 15 is 0 Å². The second-order valence-corrected chi connectivity index (χ2v) is 3.22. The summed E-state index contributed by atoms with van der Waals surface area (Å²) in [6, 6.07) is 5.16. The van der Waals surface area contributed by atoms with E-state index in [4.69, 9.17) is 5.73 Å². The van der Waals surface area contributed by atoms with Crippen LogP contribution in [0.5, 0.6) is 5.75 Å². The quantitative estimate of drug-likeness (QED) is 0.737. The Morgan fingerprint density at radius 1 is 1.21 bits per heavy atom. The molecule has 2 nitrogen and oxygen atoms in total. The highest BCUT2D eigenvalue weighted by Gasteiger charge is 2.50. The summed E-state index contributed by atoms with van der Waals surface area (Å²) in [5, 5.41) is 9.23. The van der Waals surface area contributed by atoms with Gasteiger partial charge < -0.3 is 10.8 Å². The Bertz CT molecular complexity index is 333. The van der Waals surface area contributed by atoms with Gasteiger partial charge in [0.05, 0.1) is 0 Å². The van der Waals surface area contributed by atoms with Gasteiger partial charge in [0.15, 0.2) is 0 Å². The molecule has 0 amide bonds. The van der Waals surface area contributed by atoms with E-state index in [1.54, 1.807) is 0 Å². The Hall–Kier alpha value is -1.23. The van der Waals surface area contributed by atoms with E-state index in [0.717, 1.165) is 13.0 Å². The lowest BCUT2D eigenvalue weighted by atomic mass is 9.92. The summed E-state index contributed by atoms with van der Waals surface area (Å²) in [5.74, 6) is -0.449. The zero-order valence-electron chi connectivity index (χ0n) is 7.47. The molecule has 0 spiro atoms. The van der Waals surface area contributed by atoms with E-state index in [2.05, 4.69) is 0 Å². The molecule has 0 aliphatic rings. The van der Waals surface area contributed by atoms with Crippen molar-refractivity contribution in [1.29, 1.82) is 0 Å². The monoisotopic (exact) mass is 205 g/mol. The van der Waals surface area contributed by atoms with Crippen LogP contribution >= 0.6 is 0 Å². The molecule has 0 unspecified atom stereocenters. The molecule has 78 valence electrons. The Kier molecular flexibility index (Phi) is 2.45. The van der Waals surface area contributed by atoms with Crippen molar-refractivity contribution in [3.8, 4) is 5.75 Å². The largest absolute Gasteiger partial charge is 0.508 e. The molecule has 0 heterocycles. The summed E-state index contributed by atoms with van der Waals surface area (Å²) in [6.07, 6.45) is -4.59. The molecule has 1 aromatic rings. The summed E-state index contributed by atoms with van der Waals surface area (Å²) in [7, 11) is 0. The molecule has 0 aliphatic carbocycles. The van der Waals surface area contributed by atoms with Crippen LogP contribution in [0.3, 0.4) is 0 Å². The van der Waals surface area contributed by atoms with Gasteiger partial charge in [-0.05, 0) is 13.0 Å². The Morgan fingerprint density at radius 2 is 1.71 bits per heavy atom. The molecule has 0 saturated carbocycles. The van der Waals surface area contributed by atoms with Crippen LogP contribution in [-0.2, 0) is 5.54 Å². The summed E-state index contributed by atoms with van der Waals surface area (Å²) in [4.78, 5) is 0. The lowest BCUT2D eigenvalue weighted by Crippen LogP contribution is -2.47. The normalized spacial score (nSPS) is 16.4. The van der Waals surface area contributed by atoms with E-state index in [-0.39, 0.29) is 5.56 Å². The summed E-state index contributed by atoms with van der Waals surface area (Å²) >= 11 is 0. The SMILES string of the molecule is C[C@@](N)(c1ccccc1O)C(F)(F)F. The van der Waals surface area contributed by atoms with Gasteiger partial charge in [-0.25, -0.2) is 0 Å². The van der Waals surface area contributed by atoms with Crippen LogP contribution in [0.4, 0.5) is 13.2 Å². The Balaban J connectivity index is 3.23. The minimum absolute atomic E-state index is 0.326. The minimum atomic E-state index is -4.59. The Morgan fingerprint density at radius 3 is 2.14 bits per heavy atom. The minimum Gasteiger partial charge on any atom is -0.508 e. The van der Waals surface area contributed by atoms with Crippen molar-refractivity contribution in [3.63, 3.8) is 0 Å². The van der Waals surface area contributed by atoms with Crippen molar-refractivity contribution >= 4 is 0 Å². The summed E-state index contributed by atoms with van der Waals surface area (Å²) in [5.41, 5.74) is 2.28. The van der Waals surface area contributed by atoms with Gasteiger partial charge in [-0.15, -0.1) is 0 Å². The number of benzene rings is 1. The van der Waals surface area contributed by atoms with Crippen molar-refractivity contribution in [1.82, 2.24) is 0 Å². The summed E-state index contributed by atoms with van der Waals surface area (Å²) < 4.78 is 37.4. The second kappa shape index (κ2) is 3.16. The third-order valence-electron chi connectivity index (χ3n) is 2.05. The number of aromatic hydroxyl groups is 1. The molecule has 1 atom stereocenters. The average Bonchev–Trinajstić information content (AvgIpc) is 2.02. The van der Waals surface area contributed by atoms with Crippen LogP contribution in [0.2, 0.25) is 0 Å². The predicted octanol–water partition coefficient (Wildman–Crippen LogP) is 2.13. The average molecular weight is 205 g/mol. The third kappa shape index (κ3) is 1.68. The van der Waals surface area contributed by atoms with E-state index < -0.39 is 17.5 Å². The lowest BCUT2D eigenvalue weighted by molar-refractivity contribution is -0.184.